The van der Waals surface area contributed by atoms with Crippen molar-refractivity contribution in [2.24, 2.45) is 5.92 Å². The number of ketones is 1. The fourth-order valence-corrected chi connectivity index (χ4v) is 6.16. The summed E-state index contributed by atoms with van der Waals surface area (Å²) in [6.07, 6.45) is 1.10. The number of hydrogen-bond donors (Lipinski definition) is 0. The number of Topliss-reactive ketones (excluding diaryl/α,β-unsaturated/α-hetero) is 1. The highest BCUT2D eigenvalue weighted by molar-refractivity contribution is 7.91. The minimum atomic E-state index is -2.94. The summed E-state index contributed by atoms with van der Waals surface area (Å²) in [7, 11) is -2.94. The molecule has 8 nitrogen and oxygen atoms in total. The highest BCUT2D eigenvalue weighted by Gasteiger charge is 2.29. The van der Waals surface area contributed by atoms with Crippen LogP contribution in [0.5, 0.6) is 0 Å². The Morgan fingerprint density at radius 2 is 2.03 bits per heavy atom. The lowest BCUT2D eigenvalue weighted by Crippen LogP contribution is -2.47. The molecule has 2 saturated heterocycles. The molecule has 1 atom stereocenters. The third-order valence-electron chi connectivity index (χ3n) is 5.84. The molecule has 1 aromatic carbocycles. The molecule has 2 aromatic rings. The van der Waals surface area contributed by atoms with Crippen molar-refractivity contribution in [1.82, 2.24) is 14.7 Å². The van der Waals surface area contributed by atoms with Gasteiger partial charge < -0.3 is 9.32 Å². The van der Waals surface area contributed by atoms with Gasteiger partial charge in [-0.05, 0) is 49.7 Å². The van der Waals surface area contributed by atoms with E-state index in [9.17, 15) is 17.6 Å². The minimum Gasteiger partial charge on any atom is -0.414 e. The van der Waals surface area contributed by atoms with Gasteiger partial charge in [0, 0.05) is 38.2 Å². The van der Waals surface area contributed by atoms with Crippen molar-refractivity contribution >= 4 is 33.5 Å². The van der Waals surface area contributed by atoms with E-state index in [0.717, 1.165) is 0 Å². The van der Waals surface area contributed by atoms with Crippen LogP contribution in [0.4, 0.5) is 10.1 Å². The Kier molecular flexibility index (Phi) is 6.27. The molecule has 168 valence electrons. The number of aromatic nitrogens is 2. The first-order chi connectivity index (χ1) is 14.7. The average molecular weight is 469 g/mol. The lowest BCUT2D eigenvalue weighted by atomic mass is 10.1. The van der Waals surface area contributed by atoms with Crippen LogP contribution in [0.3, 0.4) is 0 Å². The van der Waals surface area contributed by atoms with Gasteiger partial charge in [0.05, 0.1) is 23.9 Å². The Labute approximate surface area is 185 Å². The first-order valence-electron chi connectivity index (χ1n) is 10.3. The lowest BCUT2D eigenvalue weighted by Gasteiger charge is -2.35. The van der Waals surface area contributed by atoms with E-state index in [4.69, 9.17) is 16.6 Å². The molecule has 11 heteroatoms. The van der Waals surface area contributed by atoms with Crippen LogP contribution in [-0.2, 0) is 22.9 Å². The fraction of sp³-hybridized carbons (Fsp3) is 0.550. The van der Waals surface area contributed by atoms with Gasteiger partial charge in [0.2, 0.25) is 5.89 Å². The van der Waals surface area contributed by atoms with E-state index in [2.05, 4.69) is 10.00 Å². The number of piperazine rings is 1. The van der Waals surface area contributed by atoms with E-state index in [1.165, 1.54) is 13.0 Å². The molecular weight excluding hydrogens is 443 g/mol. The summed E-state index contributed by atoms with van der Waals surface area (Å²) >= 11 is 5.28. The second-order valence-electron chi connectivity index (χ2n) is 8.20. The van der Waals surface area contributed by atoms with Crippen LogP contribution in [0.25, 0.3) is 0 Å². The van der Waals surface area contributed by atoms with Crippen LogP contribution in [0, 0.1) is 16.6 Å². The Morgan fingerprint density at radius 3 is 2.65 bits per heavy atom. The number of benzene rings is 1. The molecule has 0 radical (unpaired) electrons. The zero-order chi connectivity index (χ0) is 22.2. The lowest BCUT2D eigenvalue weighted by molar-refractivity contribution is 0.101. The summed E-state index contributed by atoms with van der Waals surface area (Å²) in [5.41, 5.74) is 0.864. The van der Waals surface area contributed by atoms with E-state index in [-0.39, 0.29) is 28.0 Å². The summed E-state index contributed by atoms with van der Waals surface area (Å²) in [6, 6.07) is 4.60. The number of sulfone groups is 1. The van der Waals surface area contributed by atoms with Crippen LogP contribution in [0.15, 0.2) is 22.6 Å². The van der Waals surface area contributed by atoms with Gasteiger partial charge in [-0.3, -0.25) is 9.69 Å². The van der Waals surface area contributed by atoms with Gasteiger partial charge in [0.1, 0.15) is 5.82 Å². The molecular formula is C20H25FN4O4S2. The normalized spacial score (nSPS) is 21.5. The first kappa shape index (κ1) is 22.1. The molecule has 0 N–H and O–H groups in total. The van der Waals surface area contributed by atoms with Gasteiger partial charge >= 0.3 is 0 Å². The topological polar surface area (TPSA) is 88.7 Å². The molecule has 2 fully saturated rings. The first-order valence-corrected chi connectivity index (χ1v) is 12.5. The third kappa shape index (κ3) is 5.21. The predicted molar refractivity (Wildman–Crippen MR) is 116 cm³/mol. The van der Waals surface area contributed by atoms with E-state index in [1.807, 2.05) is 4.90 Å². The molecule has 3 heterocycles. The summed E-state index contributed by atoms with van der Waals surface area (Å²) in [6.45, 7) is 4.54. The second kappa shape index (κ2) is 8.79. The van der Waals surface area contributed by atoms with Gasteiger partial charge in [0.15, 0.2) is 15.6 Å². The molecule has 0 unspecified atom stereocenters. The van der Waals surface area contributed by atoms with Crippen molar-refractivity contribution in [1.29, 1.82) is 0 Å². The second-order valence-corrected chi connectivity index (χ2v) is 10.8. The largest absolute Gasteiger partial charge is 0.414 e. The molecule has 0 amide bonds. The van der Waals surface area contributed by atoms with Crippen LogP contribution < -0.4 is 4.90 Å². The number of carbonyl (C=O) groups is 1. The van der Waals surface area contributed by atoms with Crippen LogP contribution in [-0.4, -0.2) is 66.6 Å². The third-order valence-corrected chi connectivity index (χ3v) is 7.97. The zero-order valence-corrected chi connectivity index (χ0v) is 18.9. The molecule has 2 aliphatic heterocycles. The number of anilines is 1. The van der Waals surface area contributed by atoms with Crippen molar-refractivity contribution in [2.45, 2.75) is 26.4 Å². The molecule has 1 aromatic heterocycles. The predicted octanol–water partition coefficient (Wildman–Crippen LogP) is 2.30. The van der Waals surface area contributed by atoms with Crippen LogP contribution in [0.2, 0.25) is 0 Å². The molecule has 0 aliphatic carbocycles. The van der Waals surface area contributed by atoms with Crippen LogP contribution >= 0.6 is 12.2 Å². The van der Waals surface area contributed by atoms with Gasteiger partial charge in [-0.25, -0.2) is 17.5 Å². The van der Waals surface area contributed by atoms with Gasteiger partial charge in [0.25, 0.3) is 4.84 Å². The standard InChI is InChI=1S/C20H25FN4O4S2/c1-14(26)16-2-3-18(17(21)11-16)24-7-5-23(6-8-24)13-25-20(30)29-19(22-25)10-15-4-9-31(27,28)12-15/h2-3,11,15H,4-10,12-13H2,1H3/t15-/m0/s1. The summed E-state index contributed by atoms with van der Waals surface area (Å²) < 4.78 is 44.9. The highest BCUT2D eigenvalue weighted by Crippen LogP contribution is 2.24. The number of hydrogen-bond acceptors (Lipinski definition) is 8. The monoisotopic (exact) mass is 468 g/mol. The van der Waals surface area contributed by atoms with E-state index in [0.29, 0.717) is 62.8 Å². The van der Waals surface area contributed by atoms with Crippen molar-refractivity contribution in [3.63, 3.8) is 0 Å². The number of carbonyl (C=O) groups excluding carboxylic acids is 1. The van der Waals surface area contributed by atoms with E-state index in [1.54, 1.807) is 16.8 Å². The number of rotatable bonds is 6. The SMILES string of the molecule is CC(=O)c1ccc(N2CCN(Cn3nc(C[C@@H]4CCS(=O)(=O)C4)oc3=S)CC2)c(F)c1. The quantitative estimate of drug-likeness (QED) is 0.471. The van der Waals surface area contributed by atoms with Crippen molar-refractivity contribution in [3.8, 4) is 0 Å². The summed E-state index contributed by atoms with van der Waals surface area (Å²) in [5.74, 6) is 0.347. The zero-order valence-electron chi connectivity index (χ0n) is 17.3. The maximum atomic E-state index is 14.4. The van der Waals surface area contributed by atoms with Crippen molar-refractivity contribution in [3.05, 3.63) is 40.3 Å². The summed E-state index contributed by atoms with van der Waals surface area (Å²) in [5, 5.41) is 4.44. The Balaban J connectivity index is 1.34. The van der Waals surface area contributed by atoms with E-state index >= 15 is 0 Å². The summed E-state index contributed by atoms with van der Waals surface area (Å²) in [4.78, 5) is 15.8. The molecule has 2 aliphatic rings. The fourth-order valence-electron chi connectivity index (χ4n) is 4.10. The maximum Gasteiger partial charge on any atom is 0.288 e. The molecule has 31 heavy (non-hydrogen) atoms. The van der Waals surface area contributed by atoms with Crippen LogP contribution in [0.1, 0.15) is 29.6 Å². The smallest absolute Gasteiger partial charge is 0.288 e. The molecule has 4 rings (SSSR count). The van der Waals surface area contributed by atoms with Gasteiger partial charge in [-0.15, -0.1) is 5.10 Å². The molecule has 0 bridgehead atoms. The Bertz CT molecular complexity index is 1140. The molecule has 0 saturated carbocycles. The number of halogens is 1. The minimum absolute atomic E-state index is 0.0272. The Hall–Kier alpha value is -2.11. The Morgan fingerprint density at radius 1 is 1.29 bits per heavy atom. The average Bonchev–Trinajstić information content (AvgIpc) is 3.23. The highest BCUT2D eigenvalue weighted by atomic mass is 32.2. The molecule has 0 spiro atoms. The van der Waals surface area contributed by atoms with Crippen molar-refractivity contribution < 1.29 is 22.0 Å². The van der Waals surface area contributed by atoms with Crippen molar-refractivity contribution in [2.75, 3.05) is 42.6 Å². The van der Waals surface area contributed by atoms with Gasteiger partial charge in [-0.2, -0.15) is 0 Å². The van der Waals surface area contributed by atoms with E-state index < -0.39 is 15.7 Å². The number of nitrogens with zero attached hydrogens (tertiary/aromatic N) is 4. The van der Waals surface area contributed by atoms with Gasteiger partial charge in [-0.1, -0.05) is 0 Å². The maximum absolute atomic E-state index is 14.4.